The molecule has 6 heteroatoms. The summed E-state index contributed by atoms with van der Waals surface area (Å²) in [5, 5.41) is 11.9. The third-order valence-corrected chi connectivity index (χ3v) is 3.78. The Morgan fingerprint density at radius 1 is 1.10 bits per heavy atom. The van der Waals surface area contributed by atoms with Crippen molar-refractivity contribution in [3.8, 4) is 6.07 Å². The van der Waals surface area contributed by atoms with Gasteiger partial charge < -0.3 is 5.32 Å². The molecule has 0 amide bonds. The van der Waals surface area contributed by atoms with E-state index in [1.54, 1.807) is 12.1 Å². The Bertz CT molecular complexity index is 718. The van der Waals surface area contributed by atoms with Crippen molar-refractivity contribution < 1.29 is 13.2 Å². The molecule has 2 rings (SSSR count). The number of hydrogen-bond acceptors (Lipinski definition) is 2. The van der Waals surface area contributed by atoms with Gasteiger partial charge in [-0.2, -0.15) is 18.4 Å². The number of hydrogen-bond donors (Lipinski definition) is 1. The van der Waals surface area contributed by atoms with Gasteiger partial charge in [0.1, 0.15) is 0 Å². The van der Waals surface area contributed by atoms with E-state index < -0.39 is 17.3 Å². The highest BCUT2D eigenvalue weighted by molar-refractivity contribution is 9.10. The van der Waals surface area contributed by atoms with Gasteiger partial charge in [-0.1, -0.05) is 15.9 Å². The monoisotopic (exact) mass is 354 g/mol. The van der Waals surface area contributed by atoms with E-state index in [1.807, 2.05) is 19.1 Å². The van der Waals surface area contributed by atoms with Crippen LogP contribution in [0.15, 0.2) is 40.9 Å². The number of nitriles is 1. The quantitative estimate of drug-likeness (QED) is 0.784. The molecule has 2 nitrogen and oxygen atoms in total. The first-order valence-electron chi connectivity index (χ1n) is 5.96. The molecule has 1 N–H and O–H groups in total. The van der Waals surface area contributed by atoms with Crippen molar-refractivity contribution in [2.45, 2.75) is 13.1 Å². The molecule has 0 spiro atoms. The van der Waals surface area contributed by atoms with Crippen molar-refractivity contribution in [1.82, 2.24) is 0 Å². The first-order valence-corrected chi connectivity index (χ1v) is 6.75. The van der Waals surface area contributed by atoms with Crippen LogP contribution < -0.4 is 5.32 Å². The molecule has 0 aliphatic heterocycles. The van der Waals surface area contributed by atoms with Gasteiger partial charge in [0.25, 0.3) is 0 Å². The van der Waals surface area contributed by atoms with Gasteiger partial charge in [0.05, 0.1) is 17.2 Å². The van der Waals surface area contributed by atoms with Gasteiger partial charge in [-0.3, -0.25) is 0 Å². The summed E-state index contributed by atoms with van der Waals surface area (Å²) in [6.07, 6.45) is -4.53. The summed E-state index contributed by atoms with van der Waals surface area (Å²) in [6.45, 7) is 1.91. The zero-order chi connectivity index (χ0) is 15.6. The maximum absolute atomic E-state index is 12.7. The minimum Gasteiger partial charge on any atom is -0.355 e. The minimum atomic E-state index is -4.53. The molecule has 0 saturated carbocycles. The van der Waals surface area contributed by atoms with Crippen molar-refractivity contribution in [2.75, 3.05) is 5.32 Å². The maximum atomic E-state index is 12.7. The molecule has 0 unspecified atom stereocenters. The van der Waals surface area contributed by atoms with Crippen LogP contribution in [0, 0.1) is 18.3 Å². The Morgan fingerprint density at radius 3 is 2.29 bits per heavy atom. The van der Waals surface area contributed by atoms with Crippen LogP contribution in [-0.2, 0) is 6.18 Å². The Balaban J connectivity index is 2.34. The van der Waals surface area contributed by atoms with Gasteiger partial charge >= 0.3 is 6.18 Å². The molecule has 0 aliphatic rings. The Labute approximate surface area is 128 Å². The Kier molecular flexibility index (Phi) is 4.24. The first kappa shape index (κ1) is 15.4. The third kappa shape index (κ3) is 3.56. The van der Waals surface area contributed by atoms with Gasteiger partial charge in [0.2, 0.25) is 0 Å². The molecular formula is C15H10BrF3N2. The van der Waals surface area contributed by atoms with E-state index in [0.717, 1.165) is 21.8 Å². The van der Waals surface area contributed by atoms with Crippen molar-refractivity contribution in [3.63, 3.8) is 0 Å². The van der Waals surface area contributed by atoms with Gasteiger partial charge in [0, 0.05) is 15.8 Å². The lowest BCUT2D eigenvalue weighted by atomic mass is 10.1. The van der Waals surface area contributed by atoms with Gasteiger partial charge in [-0.25, -0.2) is 0 Å². The van der Waals surface area contributed by atoms with Crippen LogP contribution in [0.2, 0.25) is 0 Å². The summed E-state index contributed by atoms with van der Waals surface area (Å²) in [7, 11) is 0. The lowest BCUT2D eigenvalue weighted by Crippen LogP contribution is -2.08. The van der Waals surface area contributed by atoms with Crippen LogP contribution in [0.25, 0.3) is 0 Å². The van der Waals surface area contributed by atoms with Crippen LogP contribution in [0.3, 0.4) is 0 Å². The van der Waals surface area contributed by atoms with Crippen LogP contribution in [-0.4, -0.2) is 0 Å². The van der Waals surface area contributed by atoms with E-state index in [9.17, 15) is 13.2 Å². The third-order valence-electron chi connectivity index (χ3n) is 2.89. The predicted molar refractivity (Wildman–Crippen MR) is 78.3 cm³/mol. The number of nitrogens with zero attached hydrogens (tertiary/aromatic N) is 1. The number of halogens is 4. The topological polar surface area (TPSA) is 35.8 Å². The lowest BCUT2D eigenvalue weighted by molar-refractivity contribution is -0.137. The number of nitrogens with one attached hydrogen (secondary N) is 1. The predicted octanol–water partition coefficient (Wildman–Crippen LogP) is 5.39. The number of alkyl halides is 3. The van der Waals surface area contributed by atoms with Gasteiger partial charge in [-0.05, 0) is 48.9 Å². The smallest absolute Gasteiger partial charge is 0.355 e. The fourth-order valence-corrected chi connectivity index (χ4v) is 2.10. The van der Waals surface area contributed by atoms with Crippen molar-refractivity contribution >= 4 is 27.3 Å². The molecule has 0 radical (unpaired) electrons. The van der Waals surface area contributed by atoms with Crippen molar-refractivity contribution in [3.05, 3.63) is 57.6 Å². The SMILES string of the molecule is Cc1cc(Nc2ccc(C(F)(F)F)c(C#N)c2)ccc1Br. The van der Waals surface area contributed by atoms with Crippen LogP contribution >= 0.6 is 15.9 Å². The molecule has 0 bridgehead atoms. The Hall–Kier alpha value is -2.00. The van der Waals surface area contributed by atoms with Crippen LogP contribution in [0.5, 0.6) is 0 Å². The normalized spacial score (nSPS) is 11.0. The number of benzene rings is 2. The molecule has 0 atom stereocenters. The standard InChI is InChI=1S/C15H10BrF3N2/c1-9-6-11(3-5-14(9)16)21-12-2-4-13(15(17,18)19)10(7-12)8-20/h2-7,21H,1H3. The summed E-state index contributed by atoms with van der Waals surface area (Å²) >= 11 is 3.37. The molecular weight excluding hydrogens is 345 g/mol. The van der Waals surface area contributed by atoms with E-state index >= 15 is 0 Å². The van der Waals surface area contributed by atoms with Gasteiger partial charge in [-0.15, -0.1) is 0 Å². The van der Waals surface area contributed by atoms with E-state index in [0.29, 0.717) is 5.69 Å². The Morgan fingerprint density at radius 2 is 1.71 bits per heavy atom. The molecule has 0 heterocycles. The highest BCUT2D eigenvalue weighted by Gasteiger charge is 2.33. The fourth-order valence-electron chi connectivity index (χ4n) is 1.85. The molecule has 2 aromatic carbocycles. The summed E-state index contributed by atoms with van der Waals surface area (Å²) in [6, 6.07) is 10.5. The average molecular weight is 355 g/mol. The minimum absolute atomic E-state index is 0.402. The zero-order valence-corrected chi connectivity index (χ0v) is 12.5. The highest BCUT2D eigenvalue weighted by atomic mass is 79.9. The number of anilines is 2. The molecule has 0 aromatic heterocycles. The molecule has 0 saturated heterocycles. The molecule has 2 aromatic rings. The summed E-state index contributed by atoms with van der Waals surface area (Å²) in [4.78, 5) is 0. The number of aryl methyl sites for hydroxylation is 1. The van der Waals surface area contributed by atoms with E-state index in [4.69, 9.17) is 5.26 Å². The summed E-state index contributed by atoms with van der Waals surface area (Å²) in [5.74, 6) is 0. The van der Waals surface area contributed by atoms with E-state index in [2.05, 4.69) is 21.2 Å². The second-order valence-electron chi connectivity index (χ2n) is 4.46. The van der Waals surface area contributed by atoms with E-state index in [-0.39, 0.29) is 0 Å². The summed E-state index contributed by atoms with van der Waals surface area (Å²) < 4.78 is 39.1. The largest absolute Gasteiger partial charge is 0.417 e. The second kappa shape index (κ2) is 5.78. The van der Waals surface area contributed by atoms with Crippen molar-refractivity contribution in [2.24, 2.45) is 0 Å². The maximum Gasteiger partial charge on any atom is 0.417 e. The number of rotatable bonds is 2. The second-order valence-corrected chi connectivity index (χ2v) is 5.31. The van der Waals surface area contributed by atoms with Crippen molar-refractivity contribution in [1.29, 1.82) is 5.26 Å². The lowest BCUT2D eigenvalue weighted by Gasteiger charge is -2.12. The molecule has 108 valence electrons. The van der Waals surface area contributed by atoms with E-state index in [1.165, 1.54) is 12.1 Å². The highest BCUT2D eigenvalue weighted by Crippen LogP contribution is 2.33. The van der Waals surface area contributed by atoms with Gasteiger partial charge in [0.15, 0.2) is 0 Å². The van der Waals surface area contributed by atoms with Crippen LogP contribution in [0.4, 0.5) is 24.5 Å². The zero-order valence-electron chi connectivity index (χ0n) is 10.9. The molecule has 0 fully saturated rings. The first-order chi connectivity index (χ1) is 9.81. The summed E-state index contributed by atoms with van der Waals surface area (Å²) in [5.41, 5.74) is 0.830. The molecule has 0 aliphatic carbocycles. The molecule has 21 heavy (non-hydrogen) atoms. The fraction of sp³-hybridized carbons (Fsp3) is 0.133. The van der Waals surface area contributed by atoms with Crippen LogP contribution in [0.1, 0.15) is 16.7 Å². The average Bonchev–Trinajstić information content (AvgIpc) is 2.41.